The van der Waals surface area contributed by atoms with Gasteiger partial charge in [-0.15, -0.1) is 0 Å². The maximum absolute atomic E-state index is 13.1. The number of hydrogen-bond donors (Lipinski definition) is 0. The van der Waals surface area contributed by atoms with Gasteiger partial charge in [-0.3, -0.25) is 10.1 Å². The fourth-order valence-corrected chi connectivity index (χ4v) is 5.96. The SMILES string of the molecule is Cc1cccc(N2CCN(c3ccc(S(=O)(=O)N4CCN(C)CC4)cc3[N+](=O)[O-])CC2)c1C. The van der Waals surface area contributed by atoms with Crippen LogP contribution in [-0.4, -0.2) is 82.0 Å². The Labute approximate surface area is 195 Å². The van der Waals surface area contributed by atoms with Crippen LogP contribution in [0.15, 0.2) is 41.3 Å². The van der Waals surface area contributed by atoms with Crippen molar-refractivity contribution >= 4 is 27.1 Å². The molecule has 2 aromatic carbocycles. The number of benzene rings is 2. The summed E-state index contributed by atoms with van der Waals surface area (Å²) >= 11 is 0. The summed E-state index contributed by atoms with van der Waals surface area (Å²) in [5.41, 5.74) is 3.99. The molecule has 0 atom stereocenters. The third kappa shape index (κ3) is 4.68. The van der Waals surface area contributed by atoms with Crippen LogP contribution >= 0.6 is 0 Å². The van der Waals surface area contributed by atoms with Crippen molar-refractivity contribution in [1.29, 1.82) is 0 Å². The molecule has 0 aromatic heterocycles. The number of aryl methyl sites for hydroxylation is 1. The van der Waals surface area contributed by atoms with E-state index in [1.165, 1.54) is 33.3 Å². The van der Waals surface area contributed by atoms with Gasteiger partial charge in [0.25, 0.3) is 5.69 Å². The predicted molar refractivity (Wildman–Crippen MR) is 130 cm³/mol. The normalized spacial score (nSPS) is 18.5. The summed E-state index contributed by atoms with van der Waals surface area (Å²) in [7, 11) is -1.82. The Morgan fingerprint density at radius 2 is 1.45 bits per heavy atom. The molecule has 0 radical (unpaired) electrons. The zero-order chi connectivity index (χ0) is 23.8. The molecule has 4 rings (SSSR count). The van der Waals surface area contributed by atoms with Gasteiger partial charge < -0.3 is 14.7 Å². The van der Waals surface area contributed by atoms with E-state index in [9.17, 15) is 18.5 Å². The number of anilines is 2. The van der Waals surface area contributed by atoms with E-state index in [-0.39, 0.29) is 10.6 Å². The molecule has 9 nitrogen and oxygen atoms in total. The van der Waals surface area contributed by atoms with Crippen LogP contribution in [0.1, 0.15) is 11.1 Å². The molecule has 33 heavy (non-hydrogen) atoms. The van der Waals surface area contributed by atoms with E-state index in [4.69, 9.17) is 0 Å². The first-order valence-electron chi connectivity index (χ1n) is 11.2. The molecule has 0 unspecified atom stereocenters. The molecule has 0 N–H and O–H groups in total. The van der Waals surface area contributed by atoms with Crippen molar-refractivity contribution in [3.05, 3.63) is 57.6 Å². The second-order valence-corrected chi connectivity index (χ2v) is 10.7. The van der Waals surface area contributed by atoms with Gasteiger partial charge in [-0.1, -0.05) is 12.1 Å². The topological polar surface area (TPSA) is 90.2 Å². The minimum atomic E-state index is -3.77. The quantitative estimate of drug-likeness (QED) is 0.487. The first kappa shape index (κ1) is 23.5. The average molecular weight is 474 g/mol. The number of likely N-dealkylation sites (N-methyl/N-ethyl adjacent to an activating group) is 1. The van der Waals surface area contributed by atoms with Crippen LogP contribution in [-0.2, 0) is 10.0 Å². The summed E-state index contributed by atoms with van der Waals surface area (Å²) in [6.07, 6.45) is 0. The maximum Gasteiger partial charge on any atom is 0.293 e. The molecule has 0 bridgehead atoms. The summed E-state index contributed by atoms with van der Waals surface area (Å²) in [5, 5.41) is 11.9. The summed E-state index contributed by atoms with van der Waals surface area (Å²) in [4.78, 5) is 17.7. The molecule has 2 aliphatic heterocycles. The first-order chi connectivity index (χ1) is 15.7. The Bertz CT molecular complexity index is 1140. The molecule has 2 aromatic rings. The van der Waals surface area contributed by atoms with E-state index in [2.05, 4.69) is 41.8 Å². The van der Waals surface area contributed by atoms with Gasteiger partial charge in [0.15, 0.2) is 0 Å². The van der Waals surface area contributed by atoms with E-state index < -0.39 is 14.9 Å². The van der Waals surface area contributed by atoms with Crippen molar-refractivity contribution in [2.75, 3.05) is 69.2 Å². The highest BCUT2D eigenvalue weighted by Gasteiger charge is 2.31. The fraction of sp³-hybridized carbons (Fsp3) is 0.478. The molecule has 0 spiro atoms. The molecule has 10 heteroatoms. The lowest BCUT2D eigenvalue weighted by Gasteiger charge is -2.38. The van der Waals surface area contributed by atoms with Gasteiger partial charge in [-0.2, -0.15) is 4.31 Å². The van der Waals surface area contributed by atoms with Gasteiger partial charge in [-0.05, 0) is 50.2 Å². The Morgan fingerprint density at radius 1 is 0.848 bits per heavy atom. The van der Waals surface area contributed by atoms with Gasteiger partial charge in [-0.25, -0.2) is 8.42 Å². The van der Waals surface area contributed by atoms with Crippen molar-refractivity contribution in [3.63, 3.8) is 0 Å². The number of piperazine rings is 2. The van der Waals surface area contributed by atoms with E-state index in [0.29, 0.717) is 45.0 Å². The zero-order valence-corrected chi connectivity index (χ0v) is 20.2. The predicted octanol–water partition coefficient (Wildman–Crippen LogP) is 2.47. The zero-order valence-electron chi connectivity index (χ0n) is 19.4. The van der Waals surface area contributed by atoms with Crippen molar-refractivity contribution in [2.45, 2.75) is 18.7 Å². The highest BCUT2D eigenvalue weighted by Crippen LogP contribution is 2.33. The van der Waals surface area contributed by atoms with Crippen LogP contribution in [0.25, 0.3) is 0 Å². The van der Waals surface area contributed by atoms with E-state index in [1.54, 1.807) is 6.07 Å². The first-order valence-corrected chi connectivity index (χ1v) is 12.7. The largest absolute Gasteiger partial charge is 0.368 e. The Morgan fingerprint density at radius 3 is 2.06 bits per heavy atom. The number of nitrogens with zero attached hydrogens (tertiary/aromatic N) is 5. The number of nitro groups is 1. The van der Waals surface area contributed by atoms with E-state index in [0.717, 1.165) is 13.1 Å². The minimum Gasteiger partial charge on any atom is -0.368 e. The number of sulfonamides is 1. The molecule has 2 saturated heterocycles. The van der Waals surface area contributed by atoms with Gasteiger partial charge in [0.2, 0.25) is 10.0 Å². The van der Waals surface area contributed by atoms with Gasteiger partial charge in [0.05, 0.1) is 9.82 Å². The highest BCUT2D eigenvalue weighted by molar-refractivity contribution is 7.89. The van der Waals surface area contributed by atoms with Crippen molar-refractivity contribution in [3.8, 4) is 0 Å². The lowest BCUT2D eigenvalue weighted by atomic mass is 10.1. The van der Waals surface area contributed by atoms with Gasteiger partial charge in [0, 0.05) is 64.1 Å². The van der Waals surface area contributed by atoms with Gasteiger partial charge >= 0.3 is 0 Å². The fourth-order valence-electron chi connectivity index (χ4n) is 4.52. The summed E-state index contributed by atoms with van der Waals surface area (Å²) in [6, 6.07) is 10.6. The maximum atomic E-state index is 13.1. The van der Waals surface area contributed by atoms with Crippen LogP contribution in [0.2, 0.25) is 0 Å². The minimum absolute atomic E-state index is 0.0171. The van der Waals surface area contributed by atoms with Gasteiger partial charge in [0.1, 0.15) is 5.69 Å². The van der Waals surface area contributed by atoms with Crippen molar-refractivity contribution in [1.82, 2.24) is 9.21 Å². The average Bonchev–Trinajstić information content (AvgIpc) is 2.81. The van der Waals surface area contributed by atoms with Crippen molar-refractivity contribution in [2.24, 2.45) is 0 Å². The highest BCUT2D eigenvalue weighted by atomic mass is 32.2. The number of nitro benzene ring substituents is 1. The number of hydrogen-bond acceptors (Lipinski definition) is 7. The molecular weight excluding hydrogens is 442 g/mol. The second kappa shape index (κ2) is 9.28. The summed E-state index contributed by atoms with van der Waals surface area (Å²) < 4.78 is 27.6. The molecular formula is C23H31N5O4S. The monoisotopic (exact) mass is 473 g/mol. The smallest absolute Gasteiger partial charge is 0.293 e. The Hall–Kier alpha value is -2.69. The number of rotatable bonds is 5. The third-order valence-electron chi connectivity index (χ3n) is 6.78. The van der Waals surface area contributed by atoms with Crippen LogP contribution < -0.4 is 9.80 Å². The molecule has 0 amide bonds. The van der Waals surface area contributed by atoms with Crippen LogP contribution in [0.4, 0.5) is 17.1 Å². The lowest BCUT2D eigenvalue weighted by Crippen LogP contribution is -2.47. The Balaban J connectivity index is 1.54. The summed E-state index contributed by atoms with van der Waals surface area (Å²) in [6.45, 7) is 8.98. The van der Waals surface area contributed by atoms with Crippen LogP contribution in [0.3, 0.4) is 0 Å². The van der Waals surface area contributed by atoms with Crippen molar-refractivity contribution < 1.29 is 13.3 Å². The van der Waals surface area contributed by atoms with E-state index >= 15 is 0 Å². The summed E-state index contributed by atoms with van der Waals surface area (Å²) in [5.74, 6) is 0. The standard InChI is InChI=1S/C23H31N5O4S/c1-18-5-4-6-21(19(18)2)25-11-13-26(14-12-25)22-8-7-20(17-23(22)28(29)30)33(31,32)27-15-9-24(3)10-16-27/h4-8,17H,9-16H2,1-3H3. The molecule has 2 fully saturated rings. The van der Waals surface area contributed by atoms with E-state index in [1.807, 2.05) is 11.9 Å². The molecule has 0 saturated carbocycles. The van der Waals surface area contributed by atoms with Crippen LogP contribution in [0, 0.1) is 24.0 Å². The second-order valence-electron chi connectivity index (χ2n) is 8.81. The molecule has 2 aliphatic rings. The third-order valence-corrected chi connectivity index (χ3v) is 8.68. The van der Waals surface area contributed by atoms with Crippen LogP contribution in [0.5, 0.6) is 0 Å². The molecule has 178 valence electrons. The Kier molecular flexibility index (Phi) is 6.60. The lowest BCUT2D eigenvalue weighted by molar-refractivity contribution is -0.384. The molecule has 0 aliphatic carbocycles. The molecule has 2 heterocycles.